The smallest absolute Gasteiger partial charge is 0.251 e. The lowest BCUT2D eigenvalue weighted by Crippen LogP contribution is -2.46. The molecule has 1 amide bonds. The number of rotatable bonds is 4. The van der Waals surface area contributed by atoms with Gasteiger partial charge in [0.1, 0.15) is 5.82 Å². The van der Waals surface area contributed by atoms with Crippen LogP contribution in [-0.2, 0) is 10.0 Å². The molecule has 1 aliphatic rings. The second-order valence-corrected chi connectivity index (χ2v) is 8.49. The Kier molecular flexibility index (Phi) is 5.60. The zero-order chi connectivity index (χ0) is 18.7. The van der Waals surface area contributed by atoms with E-state index in [2.05, 4.69) is 5.32 Å². The van der Waals surface area contributed by atoms with Crippen LogP contribution in [-0.4, -0.2) is 37.8 Å². The Morgan fingerprint density at radius 3 is 2.46 bits per heavy atom. The van der Waals surface area contributed by atoms with Gasteiger partial charge >= 0.3 is 0 Å². The lowest BCUT2D eigenvalue weighted by Gasteiger charge is -2.31. The Bertz CT molecular complexity index is 912. The molecule has 138 valence electrons. The van der Waals surface area contributed by atoms with Crippen molar-refractivity contribution in [3.63, 3.8) is 0 Å². The maximum Gasteiger partial charge on any atom is 0.251 e. The topological polar surface area (TPSA) is 66.5 Å². The SMILES string of the molecule is O=C(NC1CCN(S(=O)(=O)c2cccc(Cl)c2)CC1)c1cccc(F)c1. The van der Waals surface area contributed by atoms with Crippen LogP contribution in [0, 0.1) is 5.82 Å². The van der Waals surface area contributed by atoms with Gasteiger partial charge in [0.2, 0.25) is 10.0 Å². The van der Waals surface area contributed by atoms with Crippen LogP contribution in [0.25, 0.3) is 0 Å². The van der Waals surface area contributed by atoms with E-state index < -0.39 is 15.8 Å². The summed E-state index contributed by atoms with van der Waals surface area (Å²) < 4.78 is 39.9. The third kappa shape index (κ3) is 4.23. The number of piperidine rings is 1. The van der Waals surface area contributed by atoms with Gasteiger partial charge in [-0.3, -0.25) is 4.79 Å². The molecule has 0 unspecified atom stereocenters. The molecule has 26 heavy (non-hydrogen) atoms. The molecule has 8 heteroatoms. The fraction of sp³-hybridized carbons (Fsp3) is 0.278. The van der Waals surface area contributed by atoms with Gasteiger partial charge in [0.25, 0.3) is 5.91 Å². The Morgan fingerprint density at radius 1 is 1.12 bits per heavy atom. The highest BCUT2D eigenvalue weighted by atomic mass is 35.5. The van der Waals surface area contributed by atoms with Gasteiger partial charge < -0.3 is 5.32 Å². The summed E-state index contributed by atoms with van der Waals surface area (Å²) in [5.74, 6) is -0.833. The lowest BCUT2D eigenvalue weighted by atomic mass is 10.1. The van der Waals surface area contributed by atoms with E-state index in [9.17, 15) is 17.6 Å². The third-order valence-electron chi connectivity index (χ3n) is 4.31. The van der Waals surface area contributed by atoms with Crippen molar-refractivity contribution in [2.45, 2.75) is 23.8 Å². The molecule has 1 fully saturated rings. The third-order valence-corrected chi connectivity index (χ3v) is 6.44. The van der Waals surface area contributed by atoms with Crippen molar-refractivity contribution in [3.05, 3.63) is 64.9 Å². The molecular formula is C18H18ClFN2O3S. The van der Waals surface area contributed by atoms with Gasteiger partial charge in [-0.1, -0.05) is 23.7 Å². The first-order chi connectivity index (χ1) is 12.4. The molecule has 0 atom stereocenters. The van der Waals surface area contributed by atoms with Crippen molar-refractivity contribution in [2.75, 3.05) is 13.1 Å². The molecule has 1 heterocycles. The average molecular weight is 397 g/mol. The number of hydrogen-bond acceptors (Lipinski definition) is 3. The molecule has 0 bridgehead atoms. The monoisotopic (exact) mass is 396 g/mol. The number of carbonyl (C=O) groups is 1. The Balaban J connectivity index is 1.61. The van der Waals surface area contributed by atoms with Crippen LogP contribution in [0.3, 0.4) is 0 Å². The molecule has 1 aliphatic heterocycles. The number of hydrogen-bond donors (Lipinski definition) is 1. The minimum absolute atomic E-state index is 0.156. The fourth-order valence-electron chi connectivity index (χ4n) is 2.92. The largest absolute Gasteiger partial charge is 0.349 e. The van der Waals surface area contributed by atoms with Gasteiger partial charge in [-0.15, -0.1) is 0 Å². The second kappa shape index (κ2) is 7.73. The zero-order valence-electron chi connectivity index (χ0n) is 13.9. The van der Waals surface area contributed by atoms with Gasteiger partial charge in [-0.05, 0) is 49.2 Å². The maximum absolute atomic E-state index is 13.2. The van der Waals surface area contributed by atoms with Crippen LogP contribution >= 0.6 is 11.6 Å². The lowest BCUT2D eigenvalue weighted by molar-refractivity contribution is 0.0923. The Hall–Kier alpha value is -1.96. The molecule has 0 spiro atoms. The Morgan fingerprint density at radius 2 is 1.81 bits per heavy atom. The number of sulfonamides is 1. The van der Waals surface area contributed by atoms with E-state index in [1.807, 2.05) is 0 Å². The zero-order valence-corrected chi connectivity index (χ0v) is 15.4. The number of carbonyl (C=O) groups excluding carboxylic acids is 1. The molecular weight excluding hydrogens is 379 g/mol. The van der Waals surface area contributed by atoms with Crippen LogP contribution in [0.2, 0.25) is 5.02 Å². The van der Waals surface area contributed by atoms with Crippen molar-refractivity contribution in [3.8, 4) is 0 Å². The first-order valence-corrected chi connectivity index (χ1v) is 10.0. The normalized spacial score (nSPS) is 16.4. The maximum atomic E-state index is 13.2. The van der Waals surface area contributed by atoms with Gasteiger partial charge in [-0.2, -0.15) is 4.31 Å². The molecule has 0 aromatic heterocycles. The first-order valence-electron chi connectivity index (χ1n) is 8.18. The van der Waals surface area contributed by atoms with E-state index in [-0.39, 0.29) is 22.4 Å². The highest BCUT2D eigenvalue weighted by Crippen LogP contribution is 2.23. The summed E-state index contributed by atoms with van der Waals surface area (Å²) in [6.07, 6.45) is 0.974. The molecule has 1 N–H and O–H groups in total. The van der Waals surface area contributed by atoms with Gasteiger partial charge in [0, 0.05) is 29.7 Å². The van der Waals surface area contributed by atoms with E-state index >= 15 is 0 Å². The van der Waals surface area contributed by atoms with Gasteiger partial charge in [0.05, 0.1) is 4.90 Å². The number of amides is 1. The number of halogens is 2. The highest BCUT2D eigenvalue weighted by Gasteiger charge is 2.30. The molecule has 0 aliphatic carbocycles. The molecule has 2 aromatic carbocycles. The summed E-state index contributed by atoms with van der Waals surface area (Å²) in [7, 11) is -3.61. The first kappa shape index (κ1) is 18.8. The highest BCUT2D eigenvalue weighted by molar-refractivity contribution is 7.89. The van der Waals surface area contributed by atoms with E-state index in [0.717, 1.165) is 0 Å². The number of benzene rings is 2. The van der Waals surface area contributed by atoms with Crippen LogP contribution in [0.5, 0.6) is 0 Å². The molecule has 0 saturated carbocycles. The summed E-state index contributed by atoms with van der Waals surface area (Å²) in [5, 5.41) is 3.20. The summed E-state index contributed by atoms with van der Waals surface area (Å²) in [6.45, 7) is 0.589. The fourth-order valence-corrected chi connectivity index (χ4v) is 4.69. The van der Waals surface area contributed by atoms with E-state index in [4.69, 9.17) is 11.6 Å². The van der Waals surface area contributed by atoms with E-state index in [0.29, 0.717) is 31.0 Å². The predicted molar refractivity (Wildman–Crippen MR) is 97.1 cm³/mol. The molecule has 2 aromatic rings. The van der Waals surface area contributed by atoms with E-state index in [1.165, 1.54) is 40.7 Å². The van der Waals surface area contributed by atoms with Gasteiger partial charge in [0.15, 0.2) is 0 Å². The molecule has 1 saturated heterocycles. The predicted octanol–water partition coefficient (Wildman–Crippen LogP) is 3.06. The van der Waals surface area contributed by atoms with Gasteiger partial charge in [-0.25, -0.2) is 12.8 Å². The van der Waals surface area contributed by atoms with Crippen LogP contribution in [0.15, 0.2) is 53.4 Å². The van der Waals surface area contributed by atoms with Crippen LogP contribution in [0.1, 0.15) is 23.2 Å². The summed E-state index contributed by atoms with van der Waals surface area (Å²) >= 11 is 5.88. The minimum atomic E-state index is -3.61. The average Bonchev–Trinajstić information content (AvgIpc) is 2.62. The minimum Gasteiger partial charge on any atom is -0.349 e. The quantitative estimate of drug-likeness (QED) is 0.863. The standard InChI is InChI=1S/C18H18ClFN2O3S/c19-14-4-2-6-17(12-14)26(24,25)22-9-7-16(8-10-22)21-18(23)13-3-1-5-15(20)11-13/h1-6,11-12,16H,7-10H2,(H,21,23). The molecule has 0 radical (unpaired) electrons. The molecule has 3 rings (SSSR count). The van der Waals surface area contributed by atoms with Crippen molar-refractivity contribution < 1.29 is 17.6 Å². The van der Waals surface area contributed by atoms with Crippen molar-refractivity contribution in [2.24, 2.45) is 0 Å². The second-order valence-electron chi connectivity index (χ2n) is 6.12. The number of nitrogens with zero attached hydrogens (tertiary/aromatic N) is 1. The summed E-state index contributed by atoms with van der Waals surface area (Å²) in [5.41, 5.74) is 0.249. The van der Waals surface area contributed by atoms with Crippen LogP contribution < -0.4 is 5.32 Å². The van der Waals surface area contributed by atoms with Crippen molar-refractivity contribution >= 4 is 27.5 Å². The van der Waals surface area contributed by atoms with Crippen LogP contribution in [0.4, 0.5) is 4.39 Å². The number of nitrogens with one attached hydrogen (secondary N) is 1. The van der Waals surface area contributed by atoms with E-state index in [1.54, 1.807) is 12.1 Å². The van der Waals surface area contributed by atoms with Crippen molar-refractivity contribution in [1.29, 1.82) is 0 Å². The summed E-state index contributed by atoms with van der Waals surface area (Å²) in [6, 6.07) is 11.5. The van der Waals surface area contributed by atoms with Crippen molar-refractivity contribution in [1.82, 2.24) is 9.62 Å². The summed E-state index contributed by atoms with van der Waals surface area (Å²) in [4.78, 5) is 12.3. The Labute approximate surface area is 156 Å². The molecule has 5 nitrogen and oxygen atoms in total.